The number of anilines is 1. The first-order valence-corrected chi connectivity index (χ1v) is 6.67. The van der Waals surface area contributed by atoms with Crippen molar-refractivity contribution in [3.63, 3.8) is 0 Å². The molecule has 0 aromatic heterocycles. The van der Waals surface area contributed by atoms with Crippen LogP contribution in [0.2, 0.25) is 0 Å². The number of nitrogens with one attached hydrogen (secondary N) is 1. The van der Waals surface area contributed by atoms with Gasteiger partial charge in [0.1, 0.15) is 5.75 Å². The van der Waals surface area contributed by atoms with Crippen LogP contribution in [0.5, 0.6) is 5.75 Å². The summed E-state index contributed by atoms with van der Waals surface area (Å²) in [5.74, 6) is 0.231. The summed E-state index contributed by atoms with van der Waals surface area (Å²) in [5, 5.41) is 2.70. The van der Waals surface area contributed by atoms with E-state index < -0.39 is 6.10 Å². The fraction of sp³-hybridized carbons (Fsp3) is 0.467. The van der Waals surface area contributed by atoms with Gasteiger partial charge in [0.25, 0.3) is 5.91 Å². The summed E-state index contributed by atoms with van der Waals surface area (Å²) < 4.78 is 10.3. The number of para-hydroxylation sites is 2. The zero-order valence-corrected chi connectivity index (χ0v) is 11.9. The minimum atomic E-state index is -0.819. The fourth-order valence-electron chi connectivity index (χ4n) is 1.95. The molecule has 0 radical (unpaired) electrons. The molecule has 1 amide bonds. The highest BCUT2D eigenvalue weighted by Crippen LogP contribution is 2.38. The Bertz CT molecular complexity index is 514. The maximum atomic E-state index is 12.0. The van der Waals surface area contributed by atoms with E-state index in [-0.39, 0.29) is 17.8 Å². The van der Waals surface area contributed by atoms with Gasteiger partial charge in [0.05, 0.1) is 18.7 Å². The van der Waals surface area contributed by atoms with Crippen LogP contribution in [0.15, 0.2) is 24.3 Å². The van der Waals surface area contributed by atoms with Crippen molar-refractivity contribution in [1.29, 1.82) is 0 Å². The molecule has 3 atom stereocenters. The summed E-state index contributed by atoms with van der Waals surface area (Å²) in [6.45, 7) is 3.56. The quantitative estimate of drug-likeness (QED) is 0.838. The van der Waals surface area contributed by atoms with Crippen molar-refractivity contribution in [2.45, 2.75) is 26.4 Å². The second-order valence-corrected chi connectivity index (χ2v) is 5.09. The van der Waals surface area contributed by atoms with E-state index in [9.17, 15) is 9.59 Å². The van der Waals surface area contributed by atoms with Crippen molar-refractivity contribution in [2.24, 2.45) is 11.8 Å². The molecule has 20 heavy (non-hydrogen) atoms. The average molecular weight is 277 g/mol. The van der Waals surface area contributed by atoms with E-state index in [0.717, 1.165) is 6.42 Å². The molecule has 108 valence electrons. The Balaban J connectivity index is 1.92. The number of methoxy groups -OCH3 is 1. The van der Waals surface area contributed by atoms with Gasteiger partial charge in [-0.1, -0.05) is 19.1 Å². The number of benzene rings is 1. The zero-order chi connectivity index (χ0) is 14.7. The molecule has 1 aliphatic rings. The Morgan fingerprint density at radius 2 is 2.00 bits per heavy atom. The molecule has 1 aliphatic carbocycles. The minimum absolute atomic E-state index is 0.0449. The summed E-state index contributed by atoms with van der Waals surface area (Å²) in [6.07, 6.45) is 0.0277. The highest BCUT2D eigenvalue weighted by atomic mass is 16.5. The van der Waals surface area contributed by atoms with E-state index in [4.69, 9.17) is 9.47 Å². The van der Waals surface area contributed by atoms with E-state index in [1.807, 2.05) is 13.0 Å². The molecular formula is C15H19NO4. The maximum Gasteiger partial charge on any atom is 0.309 e. The van der Waals surface area contributed by atoms with Gasteiger partial charge in [0.2, 0.25) is 0 Å². The van der Waals surface area contributed by atoms with Gasteiger partial charge in [-0.2, -0.15) is 0 Å². The predicted octanol–water partition coefficient (Wildman–Crippen LogP) is 2.22. The first-order valence-electron chi connectivity index (χ1n) is 6.67. The summed E-state index contributed by atoms with van der Waals surface area (Å²) in [7, 11) is 1.53. The molecule has 0 spiro atoms. The van der Waals surface area contributed by atoms with Crippen LogP contribution < -0.4 is 10.1 Å². The van der Waals surface area contributed by atoms with Gasteiger partial charge in [-0.15, -0.1) is 0 Å². The van der Waals surface area contributed by atoms with E-state index in [0.29, 0.717) is 17.4 Å². The second kappa shape index (κ2) is 5.94. The number of esters is 1. The van der Waals surface area contributed by atoms with Crippen LogP contribution in [0.1, 0.15) is 20.3 Å². The number of ether oxygens (including phenoxy) is 2. The van der Waals surface area contributed by atoms with Crippen LogP contribution in [0.3, 0.4) is 0 Å². The number of hydrogen-bond acceptors (Lipinski definition) is 4. The first-order chi connectivity index (χ1) is 9.52. The molecule has 5 nitrogen and oxygen atoms in total. The molecule has 1 saturated carbocycles. The minimum Gasteiger partial charge on any atom is -0.495 e. The molecule has 0 unspecified atom stereocenters. The van der Waals surface area contributed by atoms with Crippen LogP contribution in [-0.4, -0.2) is 25.1 Å². The third-order valence-electron chi connectivity index (χ3n) is 3.44. The van der Waals surface area contributed by atoms with Gasteiger partial charge < -0.3 is 14.8 Å². The smallest absolute Gasteiger partial charge is 0.309 e. The van der Waals surface area contributed by atoms with Crippen molar-refractivity contribution >= 4 is 17.6 Å². The molecule has 0 saturated heterocycles. The Kier molecular flexibility index (Phi) is 4.27. The van der Waals surface area contributed by atoms with Crippen LogP contribution in [0.25, 0.3) is 0 Å². The fourth-order valence-corrected chi connectivity index (χ4v) is 1.95. The number of hydrogen-bond donors (Lipinski definition) is 1. The summed E-state index contributed by atoms with van der Waals surface area (Å²) in [4.78, 5) is 23.7. The molecule has 0 bridgehead atoms. The number of carbonyl (C=O) groups excluding carboxylic acids is 2. The highest BCUT2D eigenvalue weighted by Gasteiger charge is 2.41. The van der Waals surface area contributed by atoms with E-state index in [2.05, 4.69) is 5.32 Å². The van der Waals surface area contributed by atoms with Crippen LogP contribution in [0, 0.1) is 11.8 Å². The molecule has 0 heterocycles. The molecule has 1 aromatic carbocycles. The Hall–Kier alpha value is -2.04. The number of amides is 1. The normalized spacial score (nSPS) is 21.8. The topological polar surface area (TPSA) is 64.6 Å². The summed E-state index contributed by atoms with van der Waals surface area (Å²) >= 11 is 0. The third-order valence-corrected chi connectivity index (χ3v) is 3.44. The lowest BCUT2D eigenvalue weighted by Gasteiger charge is -2.15. The standard InChI is InChI=1S/C15H19NO4/c1-9-8-11(9)15(18)20-10(2)14(17)16-12-6-4-5-7-13(12)19-3/h4-7,9-11H,8H2,1-3H3,(H,16,17)/t9-,10-,11+/m0/s1. The van der Waals surface area contributed by atoms with E-state index >= 15 is 0 Å². The maximum absolute atomic E-state index is 12.0. The number of carbonyl (C=O) groups is 2. The monoisotopic (exact) mass is 277 g/mol. The molecule has 1 N–H and O–H groups in total. The number of rotatable bonds is 5. The van der Waals surface area contributed by atoms with Gasteiger partial charge in [-0.25, -0.2) is 0 Å². The van der Waals surface area contributed by atoms with E-state index in [1.54, 1.807) is 25.1 Å². The molecular weight excluding hydrogens is 258 g/mol. The Labute approximate surface area is 118 Å². The lowest BCUT2D eigenvalue weighted by Crippen LogP contribution is -2.30. The lowest BCUT2D eigenvalue weighted by molar-refractivity contribution is -0.154. The van der Waals surface area contributed by atoms with Gasteiger partial charge >= 0.3 is 5.97 Å². The van der Waals surface area contributed by atoms with Gasteiger partial charge in [-0.05, 0) is 31.4 Å². The van der Waals surface area contributed by atoms with Crippen molar-refractivity contribution in [2.75, 3.05) is 12.4 Å². The Morgan fingerprint density at radius 3 is 2.60 bits per heavy atom. The lowest BCUT2D eigenvalue weighted by atomic mass is 10.2. The highest BCUT2D eigenvalue weighted by molar-refractivity contribution is 5.96. The largest absolute Gasteiger partial charge is 0.495 e. The van der Waals surface area contributed by atoms with Crippen LogP contribution >= 0.6 is 0 Å². The molecule has 5 heteroatoms. The third kappa shape index (κ3) is 3.29. The average Bonchev–Trinajstić information content (AvgIpc) is 3.16. The van der Waals surface area contributed by atoms with Gasteiger partial charge in [-0.3, -0.25) is 9.59 Å². The van der Waals surface area contributed by atoms with Crippen molar-refractivity contribution in [3.8, 4) is 5.75 Å². The molecule has 1 aromatic rings. The molecule has 0 aliphatic heterocycles. The summed E-state index contributed by atoms with van der Waals surface area (Å²) in [6, 6.07) is 7.08. The van der Waals surface area contributed by atoms with Crippen molar-refractivity contribution in [1.82, 2.24) is 0 Å². The van der Waals surface area contributed by atoms with Crippen molar-refractivity contribution in [3.05, 3.63) is 24.3 Å². The zero-order valence-electron chi connectivity index (χ0n) is 11.9. The summed E-state index contributed by atoms with van der Waals surface area (Å²) in [5.41, 5.74) is 0.558. The van der Waals surface area contributed by atoms with Gasteiger partial charge in [0, 0.05) is 0 Å². The molecule has 2 rings (SSSR count). The predicted molar refractivity (Wildman–Crippen MR) is 74.4 cm³/mol. The van der Waals surface area contributed by atoms with Crippen LogP contribution in [0.4, 0.5) is 5.69 Å². The van der Waals surface area contributed by atoms with Crippen LogP contribution in [-0.2, 0) is 14.3 Å². The SMILES string of the molecule is COc1ccccc1NC(=O)[C@H](C)OC(=O)[C@@H]1C[C@@H]1C. The molecule has 1 fully saturated rings. The Morgan fingerprint density at radius 1 is 1.35 bits per heavy atom. The van der Waals surface area contributed by atoms with Gasteiger partial charge in [0.15, 0.2) is 6.10 Å². The van der Waals surface area contributed by atoms with Crippen molar-refractivity contribution < 1.29 is 19.1 Å². The first kappa shape index (κ1) is 14.4. The second-order valence-electron chi connectivity index (χ2n) is 5.09. The van der Waals surface area contributed by atoms with E-state index in [1.165, 1.54) is 7.11 Å².